The molecule has 0 amide bonds. The molecule has 1 aromatic rings. The van der Waals surface area contributed by atoms with Gasteiger partial charge in [0.05, 0.1) is 0 Å². The molecule has 2 aliphatic rings. The Morgan fingerprint density at radius 2 is 1.30 bits per heavy atom. The van der Waals surface area contributed by atoms with Gasteiger partial charge in [0.25, 0.3) is 0 Å². The summed E-state index contributed by atoms with van der Waals surface area (Å²) in [5, 5.41) is 0. The van der Waals surface area contributed by atoms with Gasteiger partial charge in [0, 0.05) is 5.69 Å². The van der Waals surface area contributed by atoms with E-state index >= 15 is 0 Å². The molecule has 0 atom stereocenters. The van der Waals surface area contributed by atoms with Crippen LogP contribution in [-0.4, -0.2) is 0 Å². The van der Waals surface area contributed by atoms with Crippen LogP contribution in [0.25, 0.3) is 0 Å². The van der Waals surface area contributed by atoms with Gasteiger partial charge in [-0.25, -0.2) is 0 Å². The smallest absolute Gasteiger partial charge is 0.0373 e. The normalized spacial score (nSPS) is 32.0. The molecule has 2 saturated carbocycles. The third-order valence-electron chi connectivity index (χ3n) is 6.74. The van der Waals surface area contributed by atoms with E-state index in [0.717, 1.165) is 29.4 Å². The second-order valence-electron chi connectivity index (χ2n) is 8.65. The van der Waals surface area contributed by atoms with E-state index in [0.29, 0.717) is 0 Å². The third kappa shape index (κ3) is 4.11. The Morgan fingerprint density at radius 3 is 1.83 bits per heavy atom. The van der Waals surface area contributed by atoms with Crippen molar-refractivity contribution >= 4 is 5.69 Å². The Labute approximate surface area is 143 Å². The summed E-state index contributed by atoms with van der Waals surface area (Å²) in [6.45, 7) is 6.74. The van der Waals surface area contributed by atoms with Crippen LogP contribution in [0, 0.1) is 31.6 Å². The molecule has 0 heterocycles. The Hall–Kier alpha value is -0.980. The highest BCUT2D eigenvalue weighted by Crippen LogP contribution is 2.41. The minimum absolute atomic E-state index is 0.774. The number of nitrogen functional groups attached to an aromatic ring is 1. The summed E-state index contributed by atoms with van der Waals surface area (Å²) < 4.78 is 0. The Kier molecular flexibility index (Phi) is 5.34. The topological polar surface area (TPSA) is 26.0 Å². The van der Waals surface area contributed by atoms with Gasteiger partial charge in [0.2, 0.25) is 0 Å². The highest BCUT2D eigenvalue weighted by Gasteiger charge is 2.26. The molecular formula is C22H35N. The number of anilines is 1. The third-order valence-corrected chi connectivity index (χ3v) is 6.74. The highest BCUT2D eigenvalue weighted by molar-refractivity contribution is 5.54. The summed E-state index contributed by atoms with van der Waals surface area (Å²) in [5.41, 5.74) is 11.2. The van der Waals surface area contributed by atoms with Crippen LogP contribution in [0.5, 0.6) is 0 Å². The predicted octanol–water partition coefficient (Wildman–Crippen LogP) is 6.38. The highest BCUT2D eigenvalue weighted by atomic mass is 14.6. The second-order valence-corrected chi connectivity index (χ2v) is 8.65. The van der Waals surface area contributed by atoms with E-state index in [2.05, 4.69) is 32.9 Å². The van der Waals surface area contributed by atoms with Crippen LogP contribution in [-0.2, 0) is 0 Å². The summed E-state index contributed by atoms with van der Waals surface area (Å²) >= 11 is 0. The maximum Gasteiger partial charge on any atom is 0.0373 e. The maximum absolute atomic E-state index is 6.12. The number of aryl methyl sites for hydroxylation is 2. The molecule has 128 valence electrons. The van der Waals surface area contributed by atoms with Crippen molar-refractivity contribution in [3.8, 4) is 0 Å². The predicted molar refractivity (Wildman–Crippen MR) is 101 cm³/mol. The van der Waals surface area contributed by atoms with Crippen LogP contribution in [0.2, 0.25) is 0 Å². The van der Waals surface area contributed by atoms with Gasteiger partial charge < -0.3 is 5.73 Å². The molecule has 2 aliphatic carbocycles. The lowest BCUT2D eigenvalue weighted by Gasteiger charge is -2.34. The number of nitrogens with two attached hydrogens (primary N) is 1. The van der Waals surface area contributed by atoms with E-state index in [1.807, 2.05) is 0 Å². The van der Waals surface area contributed by atoms with Gasteiger partial charge in [0.15, 0.2) is 0 Å². The lowest BCUT2D eigenvalue weighted by molar-refractivity contribution is 0.211. The van der Waals surface area contributed by atoms with Crippen LogP contribution in [0.3, 0.4) is 0 Å². The minimum Gasteiger partial charge on any atom is -0.398 e. The molecule has 23 heavy (non-hydrogen) atoms. The second kappa shape index (κ2) is 7.28. The minimum atomic E-state index is 0.774. The van der Waals surface area contributed by atoms with Gasteiger partial charge in [-0.1, -0.05) is 44.7 Å². The number of benzene rings is 1. The first-order chi connectivity index (χ1) is 11.0. The largest absolute Gasteiger partial charge is 0.398 e. The zero-order chi connectivity index (χ0) is 16.4. The zero-order valence-electron chi connectivity index (χ0n) is 15.4. The van der Waals surface area contributed by atoms with Gasteiger partial charge in [-0.05, 0) is 86.3 Å². The van der Waals surface area contributed by atoms with Crippen molar-refractivity contribution in [2.24, 2.45) is 17.8 Å². The molecule has 0 aromatic heterocycles. The monoisotopic (exact) mass is 313 g/mol. The average Bonchev–Trinajstić information content (AvgIpc) is 2.55. The fourth-order valence-electron chi connectivity index (χ4n) is 5.01. The van der Waals surface area contributed by atoms with E-state index < -0.39 is 0 Å². The molecule has 0 unspecified atom stereocenters. The molecule has 2 fully saturated rings. The van der Waals surface area contributed by atoms with Crippen LogP contribution in [0.15, 0.2) is 12.1 Å². The summed E-state index contributed by atoms with van der Waals surface area (Å²) in [6.07, 6.45) is 13.1. The summed E-state index contributed by atoms with van der Waals surface area (Å²) in [5.74, 6) is 3.80. The molecular weight excluding hydrogens is 278 g/mol. The van der Waals surface area contributed by atoms with Gasteiger partial charge in [-0.15, -0.1) is 0 Å². The molecule has 1 heteroatoms. The lowest BCUT2D eigenvalue weighted by Crippen LogP contribution is -2.19. The van der Waals surface area contributed by atoms with Crippen LogP contribution >= 0.6 is 0 Å². The van der Waals surface area contributed by atoms with E-state index in [4.69, 9.17) is 5.73 Å². The number of rotatable bonds is 3. The molecule has 0 spiro atoms. The standard InChI is InChI=1S/C22H35N/c1-15-4-6-18(7-5-15)14-19-8-10-20(11-9-19)21-12-16(2)22(23)17(3)13-21/h12-13,15,18-20H,4-11,14,23H2,1-3H3. The van der Waals surface area contributed by atoms with Crippen molar-refractivity contribution in [1.29, 1.82) is 0 Å². The molecule has 0 aliphatic heterocycles. The molecule has 0 radical (unpaired) electrons. The fourth-order valence-corrected chi connectivity index (χ4v) is 5.01. The van der Waals surface area contributed by atoms with Gasteiger partial charge in [-0.3, -0.25) is 0 Å². The SMILES string of the molecule is Cc1cc(C2CCC(CC3CCC(C)CC3)CC2)cc(C)c1N. The van der Waals surface area contributed by atoms with Crippen LogP contribution < -0.4 is 5.73 Å². The van der Waals surface area contributed by atoms with Crippen molar-refractivity contribution in [2.75, 3.05) is 5.73 Å². The van der Waals surface area contributed by atoms with Gasteiger partial charge >= 0.3 is 0 Å². The van der Waals surface area contributed by atoms with Crippen molar-refractivity contribution in [3.05, 3.63) is 28.8 Å². The first-order valence-corrected chi connectivity index (χ1v) is 9.89. The van der Waals surface area contributed by atoms with E-state index in [9.17, 15) is 0 Å². The molecule has 2 N–H and O–H groups in total. The van der Waals surface area contributed by atoms with Gasteiger partial charge in [-0.2, -0.15) is 0 Å². The molecule has 1 nitrogen and oxygen atoms in total. The van der Waals surface area contributed by atoms with Crippen LogP contribution in [0.1, 0.15) is 87.3 Å². The molecule has 1 aromatic carbocycles. The van der Waals surface area contributed by atoms with Crippen molar-refractivity contribution in [2.45, 2.75) is 84.5 Å². The van der Waals surface area contributed by atoms with Gasteiger partial charge in [0.1, 0.15) is 0 Å². The molecule has 3 rings (SSSR count). The molecule has 0 saturated heterocycles. The maximum atomic E-state index is 6.12. The van der Waals surface area contributed by atoms with Crippen molar-refractivity contribution in [3.63, 3.8) is 0 Å². The summed E-state index contributed by atoms with van der Waals surface area (Å²) in [4.78, 5) is 0. The molecule has 0 bridgehead atoms. The van der Waals surface area contributed by atoms with Crippen molar-refractivity contribution in [1.82, 2.24) is 0 Å². The Morgan fingerprint density at radius 1 is 0.826 bits per heavy atom. The fraction of sp³-hybridized carbons (Fsp3) is 0.727. The first-order valence-electron chi connectivity index (χ1n) is 9.89. The number of hydrogen-bond donors (Lipinski definition) is 1. The Balaban J connectivity index is 1.52. The average molecular weight is 314 g/mol. The first kappa shape index (κ1) is 16.9. The number of hydrogen-bond acceptors (Lipinski definition) is 1. The Bertz CT molecular complexity index is 494. The van der Waals surface area contributed by atoms with E-state index in [1.54, 1.807) is 5.56 Å². The van der Waals surface area contributed by atoms with Crippen molar-refractivity contribution < 1.29 is 0 Å². The summed E-state index contributed by atoms with van der Waals surface area (Å²) in [6, 6.07) is 4.69. The van der Waals surface area contributed by atoms with Crippen LogP contribution in [0.4, 0.5) is 5.69 Å². The van der Waals surface area contributed by atoms with E-state index in [-0.39, 0.29) is 0 Å². The zero-order valence-corrected chi connectivity index (χ0v) is 15.4. The van der Waals surface area contributed by atoms with E-state index in [1.165, 1.54) is 68.9 Å². The summed E-state index contributed by atoms with van der Waals surface area (Å²) in [7, 11) is 0. The quantitative estimate of drug-likeness (QED) is 0.644. The lowest BCUT2D eigenvalue weighted by atomic mass is 9.72.